The van der Waals surface area contributed by atoms with E-state index in [-0.39, 0.29) is 5.54 Å². The molecule has 2 rings (SSSR count). The lowest BCUT2D eigenvalue weighted by atomic mass is 9.65. The second kappa shape index (κ2) is 6.79. The van der Waals surface area contributed by atoms with Crippen LogP contribution in [0, 0.1) is 17.8 Å². The maximum Gasteiger partial charge on any atom is 0.0362 e. The molecule has 4 unspecified atom stereocenters. The van der Waals surface area contributed by atoms with E-state index in [1.807, 2.05) is 0 Å². The number of rotatable bonds is 4. The Morgan fingerprint density at radius 2 is 1.75 bits per heavy atom. The van der Waals surface area contributed by atoms with Gasteiger partial charge in [-0.1, -0.05) is 46.5 Å². The van der Waals surface area contributed by atoms with Crippen LogP contribution < -0.4 is 5.73 Å². The predicted octanol–water partition coefficient (Wildman–Crippen LogP) is 4.04. The third-order valence-electron chi connectivity index (χ3n) is 6.49. The molecular weight excluding hydrogens is 244 g/mol. The van der Waals surface area contributed by atoms with E-state index < -0.39 is 0 Å². The van der Waals surface area contributed by atoms with Gasteiger partial charge in [0.1, 0.15) is 0 Å². The summed E-state index contributed by atoms with van der Waals surface area (Å²) in [4.78, 5) is 2.75. The van der Waals surface area contributed by atoms with Crippen molar-refractivity contribution in [2.45, 2.75) is 83.7 Å². The van der Waals surface area contributed by atoms with Gasteiger partial charge in [-0.25, -0.2) is 0 Å². The molecule has 0 spiro atoms. The smallest absolute Gasteiger partial charge is 0.0362 e. The van der Waals surface area contributed by atoms with E-state index in [9.17, 15) is 0 Å². The van der Waals surface area contributed by atoms with Crippen molar-refractivity contribution in [1.29, 1.82) is 0 Å². The number of likely N-dealkylation sites (N-methyl/N-ethyl adjacent to an activating group) is 1. The first-order chi connectivity index (χ1) is 9.53. The third kappa shape index (κ3) is 2.92. The van der Waals surface area contributed by atoms with Gasteiger partial charge in [0, 0.05) is 18.1 Å². The minimum atomic E-state index is 0.267. The first kappa shape index (κ1) is 16.3. The van der Waals surface area contributed by atoms with Crippen molar-refractivity contribution in [3.63, 3.8) is 0 Å². The van der Waals surface area contributed by atoms with E-state index >= 15 is 0 Å². The topological polar surface area (TPSA) is 29.3 Å². The predicted molar refractivity (Wildman–Crippen MR) is 87.8 cm³/mol. The van der Waals surface area contributed by atoms with E-state index in [1.165, 1.54) is 51.4 Å². The normalized spacial score (nSPS) is 39.5. The van der Waals surface area contributed by atoms with Crippen molar-refractivity contribution in [2.75, 3.05) is 13.6 Å². The lowest BCUT2D eigenvalue weighted by Gasteiger charge is -2.55. The standard InChI is InChI=1S/C18H36N2/c1-14(2)16-10-7-8-12-18(16,13-19)20(4)17-11-6-5-9-15(17)3/h14-17H,5-13,19H2,1-4H3. The van der Waals surface area contributed by atoms with Crippen LogP contribution in [0.1, 0.15) is 72.1 Å². The second-order valence-electron chi connectivity index (χ2n) is 7.84. The lowest BCUT2D eigenvalue weighted by Crippen LogP contribution is -2.63. The molecule has 0 aromatic rings. The van der Waals surface area contributed by atoms with Crippen molar-refractivity contribution in [3.8, 4) is 0 Å². The van der Waals surface area contributed by atoms with Gasteiger partial charge in [0.25, 0.3) is 0 Å². The summed E-state index contributed by atoms with van der Waals surface area (Å²) in [7, 11) is 2.39. The van der Waals surface area contributed by atoms with Crippen LogP contribution in [0.25, 0.3) is 0 Å². The van der Waals surface area contributed by atoms with Crippen molar-refractivity contribution in [2.24, 2.45) is 23.5 Å². The van der Waals surface area contributed by atoms with Gasteiger partial charge < -0.3 is 5.73 Å². The summed E-state index contributed by atoms with van der Waals surface area (Å²) in [6.07, 6.45) is 11.1. The van der Waals surface area contributed by atoms with Gasteiger partial charge in [-0.05, 0) is 50.5 Å². The average molecular weight is 280 g/mol. The summed E-state index contributed by atoms with van der Waals surface area (Å²) >= 11 is 0. The van der Waals surface area contributed by atoms with Crippen LogP contribution >= 0.6 is 0 Å². The van der Waals surface area contributed by atoms with Crippen molar-refractivity contribution < 1.29 is 0 Å². The largest absolute Gasteiger partial charge is 0.329 e. The molecule has 2 nitrogen and oxygen atoms in total. The van der Waals surface area contributed by atoms with Gasteiger partial charge in [0.2, 0.25) is 0 Å². The Kier molecular flexibility index (Phi) is 5.53. The first-order valence-electron chi connectivity index (χ1n) is 8.96. The van der Waals surface area contributed by atoms with Crippen molar-refractivity contribution >= 4 is 0 Å². The SMILES string of the molecule is CC(C)C1CCCCC1(CN)N(C)C1CCCCC1C. The Morgan fingerprint density at radius 3 is 2.35 bits per heavy atom. The molecule has 0 heterocycles. The van der Waals surface area contributed by atoms with E-state index in [4.69, 9.17) is 5.73 Å². The molecule has 2 aliphatic rings. The molecule has 0 aliphatic heterocycles. The highest BCUT2D eigenvalue weighted by atomic mass is 15.2. The molecule has 0 aromatic carbocycles. The zero-order chi connectivity index (χ0) is 14.8. The lowest BCUT2D eigenvalue weighted by molar-refractivity contribution is -0.0448. The molecule has 0 radical (unpaired) electrons. The Bertz CT molecular complexity index is 302. The number of hydrogen-bond donors (Lipinski definition) is 1. The summed E-state index contributed by atoms with van der Waals surface area (Å²) in [5, 5.41) is 0. The maximum absolute atomic E-state index is 6.38. The van der Waals surface area contributed by atoms with E-state index in [2.05, 4.69) is 32.7 Å². The second-order valence-corrected chi connectivity index (χ2v) is 7.84. The highest BCUT2D eigenvalue weighted by Crippen LogP contribution is 2.44. The zero-order valence-electron chi connectivity index (χ0n) is 14.2. The van der Waals surface area contributed by atoms with Crippen LogP contribution in [-0.2, 0) is 0 Å². The summed E-state index contributed by atoms with van der Waals surface area (Å²) in [6, 6.07) is 0.756. The van der Waals surface area contributed by atoms with Crippen LogP contribution in [0.5, 0.6) is 0 Å². The van der Waals surface area contributed by atoms with Crippen LogP contribution in [-0.4, -0.2) is 30.1 Å². The Morgan fingerprint density at radius 1 is 1.10 bits per heavy atom. The average Bonchev–Trinajstić information content (AvgIpc) is 2.46. The van der Waals surface area contributed by atoms with Gasteiger partial charge in [-0.2, -0.15) is 0 Å². The molecule has 0 bridgehead atoms. The Balaban J connectivity index is 2.22. The van der Waals surface area contributed by atoms with Gasteiger partial charge in [-0.3, -0.25) is 4.90 Å². The summed E-state index contributed by atoms with van der Waals surface area (Å²) < 4.78 is 0. The molecule has 0 aromatic heterocycles. The molecule has 20 heavy (non-hydrogen) atoms. The summed E-state index contributed by atoms with van der Waals surface area (Å²) in [5.41, 5.74) is 6.64. The van der Waals surface area contributed by atoms with Crippen molar-refractivity contribution in [1.82, 2.24) is 4.90 Å². The fraction of sp³-hybridized carbons (Fsp3) is 1.00. The fourth-order valence-corrected chi connectivity index (χ4v) is 5.24. The summed E-state index contributed by atoms with van der Waals surface area (Å²) in [6.45, 7) is 8.10. The number of nitrogens with two attached hydrogens (primary N) is 1. The Hall–Kier alpha value is -0.0800. The van der Waals surface area contributed by atoms with Gasteiger partial charge >= 0.3 is 0 Å². The van der Waals surface area contributed by atoms with E-state index in [0.717, 1.165) is 30.3 Å². The van der Waals surface area contributed by atoms with Crippen molar-refractivity contribution in [3.05, 3.63) is 0 Å². The number of hydrogen-bond acceptors (Lipinski definition) is 2. The molecule has 4 atom stereocenters. The summed E-state index contributed by atoms with van der Waals surface area (Å²) in [5.74, 6) is 2.37. The van der Waals surface area contributed by atoms with Gasteiger partial charge in [0.15, 0.2) is 0 Å². The first-order valence-corrected chi connectivity index (χ1v) is 8.96. The molecule has 0 amide bonds. The number of nitrogens with zero attached hydrogens (tertiary/aromatic N) is 1. The minimum absolute atomic E-state index is 0.267. The maximum atomic E-state index is 6.38. The molecule has 2 heteroatoms. The molecule has 118 valence electrons. The molecule has 2 N–H and O–H groups in total. The van der Waals surface area contributed by atoms with Gasteiger partial charge in [-0.15, -0.1) is 0 Å². The molecule has 2 fully saturated rings. The molecule has 2 aliphatic carbocycles. The quantitative estimate of drug-likeness (QED) is 0.842. The molecular formula is C18H36N2. The zero-order valence-corrected chi connectivity index (χ0v) is 14.2. The van der Waals surface area contributed by atoms with Crippen LogP contribution in [0.4, 0.5) is 0 Å². The van der Waals surface area contributed by atoms with Crippen LogP contribution in [0.2, 0.25) is 0 Å². The van der Waals surface area contributed by atoms with Gasteiger partial charge in [0.05, 0.1) is 0 Å². The minimum Gasteiger partial charge on any atom is -0.329 e. The Labute approximate surface area is 126 Å². The third-order valence-corrected chi connectivity index (χ3v) is 6.49. The van der Waals surface area contributed by atoms with Crippen LogP contribution in [0.15, 0.2) is 0 Å². The fourth-order valence-electron chi connectivity index (χ4n) is 5.24. The highest BCUT2D eigenvalue weighted by molar-refractivity contribution is 5.02. The monoisotopic (exact) mass is 280 g/mol. The van der Waals surface area contributed by atoms with E-state index in [1.54, 1.807) is 0 Å². The molecule has 0 saturated heterocycles. The molecule has 2 saturated carbocycles. The van der Waals surface area contributed by atoms with Crippen LogP contribution in [0.3, 0.4) is 0 Å². The highest BCUT2D eigenvalue weighted by Gasteiger charge is 2.47. The van der Waals surface area contributed by atoms with E-state index in [0.29, 0.717) is 0 Å².